The minimum Gasteiger partial charge on any atom is -0.508 e. The molecular weight excluding hydrogens is 460 g/mol. The summed E-state index contributed by atoms with van der Waals surface area (Å²) in [4.78, 5) is 49.6. The lowest BCUT2D eigenvalue weighted by Gasteiger charge is -2.25. The van der Waals surface area contributed by atoms with Gasteiger partial charge in [-0.25, -0.2) is 0 Å². The minimum absolute atomic E-state index is 0.0290. The molecule has 11 heteroatoms. The molecule has 0 aliphatic rings. The Hall–Kier alpha value is -2.79. The Labute approximate surface area is 204 Å². The second-order valence-corrected chi connectivity index (χ2v) is 9.56. The fourth-order valence-corrected chi connectivity index (χ4v) is 3.57. The van der Waals surface area contributed by atoms with Gasteiger partial charge in [0.2, 0.25) is 17.7 Å². The molecule has 1 aromatic rings. The van der Waals surface area contributed by atoms with Crippen molar-refractivity contribution in [3.8, 4) is 5.75 Å². The number of rotatable bonds is 14. The summed E-state index contributed by atoms with van der Waals surface area (Å²) >= 11 is 1.55. The number of amides is 3. The molecule has 10 nitrogen and oxygen atoms in total. The van der Waals surface area contributed by atoms with Crippen LogP contribution in [-0.2, 0) is 25.6 Å². The minimum atomic E-state index is -1.19. The van der Waals surface area contributed by atoms with Crippen LogP contribution in [0.4, 0.5) is 0 Å². The summed E-state index contributed by atoms with van der Waals surface area (Å²) in [7, 11) is 0. The van der Waals surface area contributed by atoms with Crippen molar-refractivity contribution in [1.29, 1.82) is 0 Å². The summed E-state index contributed by atoms with van der Waals surface area (Å²) in [6, 6.07) is 2.26. The number of aromatic hydroxyl groups is 1. The van der Waals surface area contributed by atoms with Crippen LogP contribution in [0.25, 0.3) is 0 Å². The molecule has 190 valence electrons. The topological polar surface area (TPSA) is 171 Å². The van der Waals surface area contributed by atoms with Gasteiger partial charge < -0.3 is 31.9 Å². The second-order valence-electron chi connectivity index (χ2n) is 8.58. The van der Waals surface area contributed by atoms with Crippen molar-refractivity contribution in [2.75, 3.05) is 12.0 Å². The maximum absolute atomic E-state index is 13.2. The first-order chi connectivity index (χ1) is 15.9. The quantitative estimate of drug-likeness (QED) is 0.218. The van der Waals surface area contributed by atoms with Gasteiger partial charge in [0.15, 0.2) is 0 Å². The highest BCUT2D eigenvalue weighted by molar-refractivity contribution is 7.98. The van der Waals surface area contributed by atoms with E-state index >= 15 is 0 Å². The Morgan fingerprint density at radius 1 is 0.941 bits per heavy atom. The molecule has 0 saturated heterocycles. The highest BCUT2D eigenvalue weighted by Crippen LogP contribution is 2.13. The Balaban J connectivity index is 3.06. The van der Waals surface area contributed by atoms with Crippen molar-refractivity contribution < 1.29 is 29.4 Å². The van der Waals surface area contributed by atoms with Crippen LogP contribution < -0.4 is 21.7 Å². The third-order valence-electron chi connectivity index (χ3n) is 5.05. The zero-order valence-corrected chi connectivity index (χ0v) is 20.9. The van der Waals surface area contributed by atoms with Crippen molar-refractivity contribution in [2.24, 2.45) is 11.7 Å². The van der Waals surface area contributed by atoms with E-state index in [2.05, 4.69) is 16.0 Å². The predicted molar refractivity (Wildman–Crippen MR) is 131 cm³/mol. The molecule has 7 N–H and O–H groups in total. The van der Waals surface area contributed by atoms with Crippen molar-refractivity contribution in [1.82, 2.24) is 16.0 Å². The summed E-state index contributed by atoms with van der Waals surface area (Å²) in [5.41, 5.74) is 6.63. The van der Waals surface area contributed by atoms with Gasteiger partial charge in [-0.3, -0.25) is 19.2 Å². The van der Waals surface area contributed by atoms with Crippen molar-refractivity contribution in [3.05, 3.63) is 29.8 Å². The highest BCUT2D eigenvalue weighted by atomic mass is 32.2. The molecule has 1 rings (SSSR count). The molecule has 0 heterocycles. The molecular formula is C23H36N4O6S. The zero-order chi connectivity index (χ0) is 25.8. The van der Waals surface area contributed by atoms with Crippen LogP contribution >= 0.6 is 11.8 Å². The van der Waals surface area contributed by atoms with Gasteiger partial charge in [0.05, 0.1) is 6.04 Å². The second kappa shape index (κ2) is 14.5. The first-order valence-electron chi connectivity index (χ1n) is 11.1. The summed E-state index contributed by atoms with van der Waals surface area (Å²) in [6.07, 6.45) is 2.72. The smallest absolute Gasteiger partial charge is 0.325 e. The van der Waals surface area contributed by atoms with E-state index in [1.54, 1.807) is 23.9 Å². The number of nitrogens with one attached hydrogen (secondary N) is 3. The van der Waals surface area contributed by atoms with Crippen LogP contribution in [0.3, 0.4) is 0 Å². The molecule has 0 aromatic heterocycles. The number of thioether (sulfide) groups is 1. The van der Waals surface area contributed by atoms with Gasteiger partial charge in [0, 0.05) is 6.42 Å². The predicted octanol–water partition coefficient (Wildman–Crippen LogP) is 0.620. The Kier molecular flexibility index (Phi) is 12.4. The number of carboxylic acids is 1. The monoisotopic (exact) mass is 496 g/mol. The third-order valence-corrected chi connectivity index (χ3v) is 5.69. The van der Waals surface area contributed by atoms with E-state index < -0.39 is 47.9 Å². The molecule has 0 saturated carbocycles. The van der Waals surface area contributed by atoms with Crippen LogP contribution in [0.5, 0.6) is 5.75 Å². The number of hydrogen-bond acceptors (Lipinski definition) is 7. The van der Waals surface area contributed by atoms with E-state index in [4.69, 9.17) is 10.8 Å². The van der Waals surface area contributed by atoms with Gasteiger partial charge in [0.1, 0.15) is 23.9 Å². The summed E-state index contributed by atoms with van der Waals surface area (Å²) in [5.74, 6) is -2.13. The number of hydrogen-bond donors (Lipinski definition) is 6. The fraction of sp³-hybridized carbons (Fsp3) is 0.565. The zero-order valence-electron chi connectivity index (χ0n) is 20.0. The van der Waals surface area contributed by atoms with Gasteiger partial charge in [-0.05, 0) is 55.4 Å². The number of carbonyl (C=O) groups is 4. The largest absolute Gasteiger partial charge is 0.508 e. The molecule has 3 amide bonds. The number of aliphatic carboxylic acids is 1. The number of carbonyl (C=O) groups excluding carboxylic acids is 3. The molecule has 4 atom stereocenters. The lowest BCUT2D eigenvalue weighted by molar-refractivity contribution is -0.141. The lowest BCUT2D eigenvalue weighted by atomic mass is 10.0. The molecule has 0 aliphatic carbocycles. The van der Waals surface area contributed by atoms with E-state index in [0.29, 0.717) is 17.7 Å². The van der Waals surface area contributed by atoms with Crippen LogP contribution in [0, 0.1) is 5.92 Å². The van der Waals surface area contributed by atoms with Crippen LogP contribution in [-0.4, -0.2) is 70.1 Å². The number of carboxylic acid groups (broad SMARTS) is 1. The third kappa shape index (κ3) is 10.4. The average Bonchev–Trinajstić information content (AvgIpc) is 2.77. The summed E-state index contributed by atoms with van der Waals surface area (Å²) < 4.78 is 0. The first kappa shape index (κ1) is 29.2. The molecule has 0 bridgehead atoms. The number of nitrogens with two attached hydrogens (primary N) is 1. The molecule has 0 aliphatic heterocycles. The van der Waals surface area contributed by atoms with Gasteiger partial charge in [-0.15, -0.1) is 0 Å². The van der Waals surface area contributed by atoms with Crippen LogP contribution in [0.2, 0.25) is 0 Å². The molecule has 4 unspecified atom stereocenters. The Morgan fingerprint density at radius 2 is 1.50 bits per heavy atom. The molecule has 0 spiro atoms. The molecule has 0 radical (unpaired) electrons. The fourth-order valence-electron chi connectivity index (χ4n) is 3.08. The maximum atomic E-state index is 13.2. The Morgan fingerprint density at radius 3 is 2.03 bits per heavy atom. The van der Waals surface area contributed by atoms with E-state index in [1.165, 1.54) is 19.1 Å². The van der Waals surface area contributed by atoms with Crippen molar-refractivity contribution in [2.45, 2.75) is 64.2 Å². The average molecular weight is 497 g/mol. The molecule has 34 heavy (non-hydrogen) atoms. The molecule has 0 fully saturated rings. The van der Waals surface area contributed by atoms with E-state index in [0.717, 1.165) is 0 Å². The van der Waals surface area contributed by atoms with Gasteiger partial charge in [-0.1, -0.05) is 26.0 Å². The Bertz CT molecular complexity index is 833. The molecule has 1 aromatic carbocycles. The highest BCUT2D eigenvalue weighted by Gasteiger charge is 2.30. The van der Waals surface area contributed by atoms with Crippen LogP contribution in [0.1, 0.15) is 39.2 Å². The van der Waals surface area contributed by atoms with E-state index in [1.807, 2.05) is 20.1 Å². The van der Waals surface area contributed by atoms with E-state index in [-0.39, 0.29) is 24.5 Å². The number of phenols is 1. The standard InChI is InChI=1S/C23H36N4O6S/c1-13(2)11-18(21(30)25-14(3)23(32)33)27-22(31)19(12-15-5-7-16(28)8-6-15)26-20(29)17(24)9-10-34-4/h5-8,13-14,17-19,28H,9-12,24H2,1-4H3,(H,25,30)(H,26,29)(H,27,31)(H,32,33). The van der Waals surface area contributed by atoms with Gasteiger partial charge >= 0.3 is 5.97 Å². The van der Waals surface area contributed by atoms with Crippen molar-refractivity contribution in [3.63, 3.8) is 0 Å². The maximum Gasteiger partial charge on any atom is 0.325 e. The van der Waals surface area contributed by atoms with Gasteiger partial charge in [-0.2, -0.15) is 11.8 Å². The summed E-state index contributed by atoms with van der Waals surface area (Å²) in [5, 5.41) is 26.3. The normalized spacial score (nSPS) is 14.5. The van der Waals surface area contributed by atoms with E-state index in [9.17, 15) is 24.3 Å². The first-order valence-corrected chi connectivity index (χ1v) is 12.5. The SMILES string of the molecule is CSCCC(N)C(=O)NC(Cc1ccc(O)cc1)C(=O)NC(CC(C)C)C(=O)NC(C)C(=O)O. The van der Waals surface area contributed by atoms with Crippen LogP contribution in [0.15, 0.2) is 24.3 Å². The number of benzene rings is 1. The summed E-state index contributed by atoms with van der Waals surface area (Å²) in [6.45, 7) is 5.07. The lowest BCUT2D eigenvalue weighted by Crippen LogP contribution is -2.57. The number of phenolic OH excluding ortho intramolecular Hbond substituents is 1. The van der Waals surface area contributed by atoms with Gasteiger partial charge in [0.25, 0.3) is 0 Å². The van der Waals surface area contributed by atoms with Crippen molar-refractivity contribution >= 4 is 35.5 Å².